The minimum absolute atomic E-state index is 0.144. The normalized spacial score (nSPS) is 23.8. The highest BCUT2D eigenvalue weighted by Gasteiger charge is 2.41. The summed E-state index contributed by atoms with van der Waals surface area (Å²) in [6.07, 6.45) is 0.304. The first-order valence-corrected chi connectivity index (χ1v) is 6.95. The number of rotatable bonds is 3. The molecule has 1 aromatic rings. The van der Waals surface area contributed by atoms with Crippen LogP contribution in [0.1, 0.15) is 23.5 Å². The minimum Gasteiger partial charge on any atom is -0.481 e. The highest BCUT2D eigenvalue weighted by Crippen LogP contribution is 2.36. The molecule has 1 saturated heterocycles. The monoisotopic (exact) mass is 288 g/mol. The minimum atomic E-state index is -1.08. The molecular formula is C15H16N2O4. The fourth-order valence-electron chi connectivity index (χ4n) is 3.03. The van der Waals surface area contributed by atoms with Gasteiger partial charge in [0.15, 0.2) is 0 Å². The van der Waals surface area contributed by atoms with Gasteiger partial charge in [0, 0.05) is 13.1 Å². The van der Waals surface area contributed by atoms with Crippen LogP contribution in [0.15, 0.2) is 24.3 Å². The lowest BCUT2D eigenvalue weighted by atomic mass is 9.76. The molecule has 1 fully saturated rings. The molecule has 110 valence electrons. The van der Waals surface area contributed by atoms with E-state index in [2.05, 4.69) is 5.32 Å². The average molecular weight is 288 g/mol. The first kappa shape index (κ1) is 13.6. The van der Waals surface area contributed by atoms with Crippen LogP contribution in [0.4, 0.5) is 0 Å². The molecule has 6 heteroatoms. The van der Waals surface area contributed by atoms with E-state index in [1.807, 2.05) is 24.3 Å². The van der Waals surface area contributed by atoms with E-state index >= 15 is 0 Å². The Bertz CT molecular complexity index is 613. The van der Waals surface area contributed by atoms with E-state index in [4.69, 9.17) is 5.11 Å². The quantitative estimate of drug-likeness (QED) is 0.827. The summed E-state index contributed by atoms with van der Waals surface area (Å²) in [5.41, 5.74) is 2.13. The summed E-state index contributed by atoms with van der Waals surface area (Å²) in [4.78, 5) is 36.8. The number of aliphatic carboxylic acids is 1. The number of hydrogen-bond donors (Lipinski definition) is 2. The number of hydrogen-bond acceptors (Lipinski definition) is 3. The van der Waals surface area contributed by atoms with E-state index in [1.165, 1.54) is 4.90 Å². The lowest BCUT2D eigenvalue weighted by molar-refractivity contribution is -0.149. The number of nitrogens with one attached hydrogen (secondary N) is 1. The van der Waals surface area contributed by atoms with Crippen LogP contribution in [0.5, 0.6) is 0 Å². The summed E-state index contributed by atoms with van der Waals surface area (Å²) >= 11 is 0. The lowest BCUT2D eigenvalue weighted by Crippen LogP contribution is -2.59. The number of carboxylic acid groups (broad SMARTS) is 1. The van der Waals surface area contributed by atoms with E-state index in [1.54, 1.807) is 0 Å². The average Bonchev–Trinajstić information content (AvgIpc) is 2.42. The van der Waals surface area contributed by atoms with Crippen LogP contribution in [0, 0.1) is 0 Å². The second kappa shape index (κ2) is 5.20. The first-order chi connectivity index (χ1) is 10.1. The van der Waals surface area contributed by atoms with Crippen LogP contribution in [-0.4, -0.2) is 46.9 Å². The van der Waals surface area contributed by atoms with Crippen molar-refractivity contribution in [3.63, 3.8) is 0 Å². The topological polar surface area (TPSA) is 86.7 Å². The van der Waals surface area contributed by atoms with Crippen LogP contribution in [-0.2, 0) is 20.8 Å². The highest BCUT2D eigenvalue weighted by atomic mass is 16.4. The van der Waals surface area contributed by atoms with E-state index in [0.29, 0.717) is 19.5 Å². The summed E-state index contributed by atoms with van der Waals surface area (Å²) in [6.45, 7) is 0.732. The van der Waals surface area contributed by atoms with Crippen molar-refractivity contribution in [3.05, 3.63) is 35.4 Å². The van der Waals surface area contributed by atoms with Gasteiger partial charge in [-0.1, -0.05) is 24.3 Å². The molecule has 0 bridgehead atoms. The van der Waals surface area contributed by atoms with Crippen molar-refractivity contribution in [1.82, 2.24) is 10.2 Å². The molecule has 0 aromatic heterocycles. The fourth-order valence-corrected chi connectivity index (χ4v) is 3.03. The second-order valence-electron chi connectivity index (χ2n) is 5.39. The van der Waals surface area contributed by atoms with Crippen molar-refractivity contribution in [2.24, 2.45) is 0 Å². The molecule has 3 rings (SSSR count). The third kappa shape index (κ3) is 2.37. The molecule has 1 aromatic carbocycles. The number of nitrogens with zero attached hydrogens (tertiary/aromatic N) is 1. The summed E-state index contributed by atoms with van der Waals surface area (Å²) in [5, 5.41) is 11.6. The summed E-state index contributed by atoms with van der Waals surface area (Å²) < 4.78 is 0. The van der Waals surface area contributed by atoms with Crippen LogP contribution < -0.4 is 5.32 Å². The number of benzene rings is 1. The zero-order chi connectivity index (χ0) is 15.0. The van der Waals surface area contributed by atoms with Gasteiger partial charge < -0.3 is 15.3 Å². The van der Waals surface area contributed by atoms with Crippen LogP contribution >= 0.6 is 0 Å². The van der Waals surface area contributed by atoms with Crippen molar-refractivity contribution in [2.45, 2.75) is 24.8 Å². The van der Waals surface area contributed by atoms with Crippen molar-refractivity contribution in [3.8, 4) is 0 Å². The van der Waals surface area contributed by atoms with Crippen molar-refractivity contribution in [2.75, 3.05) is 13.1 Å². The molecule has 0 saturated carbocycles. The molecular weight excluding hydrogens is 272 g/mol. The maximum atomic E-state index is 12.6. The predicted octanol–water partition coefficient (Wildman–Crippen LogP) is 0.128. The molecule has 0 radical (unpaired) electrons. The smallest absolute Gasteiger partial charge is 0.305 e. The summed E-state index contributed by atoms with van der Waals surface area (Å²) in [5.74, 6) is -1.85. The number of carboxylic acids is 1. The molecule has 1 heterocycles. The van der Waals surface area contributed by atoms with Gasteiger partial charge in [-0.3, -0.25) is 14.4 Å². The largest absolute Gasteiger partial charge is 0.481 e. The van der Waals surface area contributed by atoms with Crippen molar-refractivity contribution in [1.29, 1.82) is 0 Å². The number of carbonyl (C=O) groups is 3. The Labute approximate surface area is 121 Å². The van der Waals surface area contributed by atoms with Gasteiger partial charge in [0.2, 0.25) is 11.8 Å². The molecule has 2 atom stereocenters. The Kier molecular flexibility index (Phi) is 3.37. The second-order valence-corrected chi connectivity index (χ2v) is 5.39. The lowest BCUT2D eigenvalue weighted by Gasteiger charge is -2.39. The molecule has 2 N–H and O–H groups in total. The molecule has 1 aliphatic heterocycles. The Morgan fingerprint density at radius 2 is 2.10 bits per heavy atom. The molecule has 21 heavy (non-hydrogen) atoms. The van der Waals surface area contributed by atoms with E-state index in [9.17, 15) is 14.4 Å². The first-order valence-electron chi connectivity index (χ1n) is 6.95. The van der Waals surface area contributed by atoms with Gasteiger partial charge >= 0.3 is 5.97 Å². The SMILES string of the molecule is O=C(O)CC1C(=O)NCCN1C(=O)C1Cc2ccccc21. The van der Waals surface area contributed by atoms with E-state index in [0.717, 1.165) is 11.1 Å². The molecule has 2 amide bonds. The standard InChI is InChI=1S/C15H16N2O4/c18-13(19)8-12-14(20)16-5-6-17(12)15(21)11-7-9-3-1-2-4-10(9)11/h1-4,11-12H,5-8H2,(H,16,20)(H,18,19). The van der Waals surface area contributed by atoms with E-state index < -0.39 is 12.0 Å². The maximum Gasteiger partial charge on any atom is 0.305 e. The molecule has 2 unspecified atom stereocenters. The zero-order valence-corrected chi connectivity index (χ0v) is 11.4. The Morgan fingerprint density at radius 3 is 2.81 bits per heavy atom. The van der Waals surface area contributed by atoms with Crippen LogP contribution in [0.3, 0.4) is 0 Å². The van der Waals surface area contributed by atoms with Gasteiger partial charge in [-0.2, -0.15) is 0 Å². The van der Waals surface area contributed by atoms with Gasteiger partial charge in [-0.25, -0.2) is 0 Å². The molecule has 0 spiro atoms. The van der Waals surface area contributed by atoms with Crippen molar-refractivity contribution < 1.29 is 19.5 Å². The fraction of sp³-hybridized carbons (Fsp3) is 0.400. The number of carbonyl (C=O) groups excluding carboxylic acids is 2. The van der Waals surface area contributed by atoms with Gasteiger partial charge in [0.05, 0.1) is 12.3 Å². The van der Waals surface area contributed by atoms with E-state index in [-0.39, 0.29) is 24.2 Å². The van der Waals surface area contributed by atoms with Gasteiger partial charge in [-0.05, 0) is 17.5 Å². The Balaban J connectivity index is 1.80. The predicted molar refractivity (Wildman–Crippen MR) is 73.7 cm³/mol. The van der Waals surface area contributed by atoms with Crippen LogP contribution in [0.25, 0.3) is 0 Å². The molecule has 6 nitrogen and oxygen atoms in total. The van der Waals surface area contributed by atoms with Gasteiger partial charge in [0.1, 0.15) is 6.04 Å². The third-order valence-corrected chi connectivity index (χ3v) is 4.13. The number of amides is 2. The molecule has 2 aliphatic rings. The maximum absolute atomic E-state index is 12.6. The van der Waals surface area contributed by atoms with Gasteiger partial charge in [0.25, 0.3) is 0 Å². The number of fused-ring (bicyclic) bond motifs is 1. The van der Waals surface area contributed by atoms with Gasteiger partial charge in [-0.15, -0.1) is 0 Å². The zero-order valence-electron chi connectivity index (χ0n) is 11.4. The third-order valence-electron chi connectivity index (χ3n) is 4.13. The highest BCUT2D eigenvalue weighted by molar-refractivity contribution is 5.94. The summed E-state index contributed by atoms with van der Waals surface area (Å²) in [6, 6.07) is 6.81. The Morgan fingerprint density at radius 1 is 1.33 bits per heavy atom. The van der Waals surface area contributed by atoms with Crippen LogP contribution in [0.2, 0.25) is 0 Å². The Hall–Kier alpha value is -2.37. The summed E-state index contributed by atoms with van der Waals surface area (Å²) in [7, 11) is 0. The van der Waals surface area contributed by atoms with Crippen molar-refractivity contribution >= 4 is 17.8 Å². The molecule has 1 aliphatic carbocycles. The number of piperazine rings is 1.